The molecule has 2 amide bonds. The van der Waals surface area contributed by atoms with E-state index in [0.29, 0.717) is 30.6 Å². The Morgan fingerprint density at radius 1 is 1.08 bits per heavy atom. The zero-order valence-electron chi connectivity index (χ0n) is 13.9. The molecule has 2 unspecified atom stereocenters. The second-order valence-electron chi connectivity index (χ2n) is 6.16. The van der Waals surface area contributed by atoms with Crippen LogP contribution in [0.15, 0.2) is 24.3 Å². The fourth-order valence-electron chi connectivity index (χ4n) is 3.02. The molecule has 0 spiro atoms. The average molecular weight is 332 g/mol. The van der Waals surface area contributed by atoms with E-state index in [1.165, 1.54) is 0 Å². The van der Waals surface area contributed by atoms with Gasteiger partial charge in [-0.25, -0.2) is 0 Å². The lowest BCUT2D eigenvalue weighted by molar-refractivity contribution is -0.147. The fraction of sp³-hybridized carbons (Fsp3) is 0.500. The van der Waals surface area contributed by atoms with Crippen LogP contribution in [0.3, 0.4) is 0 Å². The molecular formula is C18H24N2O4. The molecule has 0 bridgehead atoms. The smallest absolute Gasteiger partial charge is 0.307 e. The highest BCUT2D eigenvalue weighted by Crippen LogP contribution is 2.31. The first kappa shape index (κ1) is 18.0. The zero-order valence-corrected chi connectivity index (χ0v) is 13.9. The van der Waals surface area contributed by atoms with Gasteiger partial charge in [0, 0.05) is 17.8 Å². The molecule has 1 aliphatic rings. The predicted molar refractivity (Wildman–Crippen MR) is 90.8 cm³/mol. The van der Waals surface area contributed by atoms with Crippen LogP contribution in [0, 0.1) is 11.8 Å². The van der Waals surface area contributed by atoms with Crippen molar-refractivity contribution in [1.82, 2.24) is 5.32 Å². The van der Waals surface area contributed by atoms with Gasteiger partial charge in [0.1, 0.15) is 0 Å². The number of hydrogen-bond donors (Lipinski definition) is 3. The first-order valence-corrected chi connectivity index (χ1v) is 8.45. The quantitative estimate of drug-likeness (QED) is 0.746. The van der Waals surface area contributed by atoms with Crippen LogP contribution in [-0.2, 0) is 9.59 Å². The predicted octanol–water partition coefficient (Wildman–Crippen LogP) is 2.66. The van der Waals surface area contributed by atoms with Crippen molar-refractivity contribution in [2.45, 2.75) is 39.0 Å². The van der Waals surface area contributed by atoms with Crippen molar-refractivity contribution in [2.24, 2.45) is 11.8 Å². The second-order valence-corrected chi connectivity index (χ2v) is 6.16. The molecule has 1 aromatic carbocycles. The van der Waals surface area contributed by atoms with Crippen LogP contribution in [0.5, 0.6) is 0 Å². The van der Waals surface area contributed by atoms with Gasteiger partial charge in [0.2, 0.25) is 5.91 Å². The highest BCUT2D eigenvalue weighted by atomic mass is 16.4. The van der Waals surface area contributed by atoms with E-state index in [4.69, 9.17) is 0 Å². The summed E-state index contributed by atoms with van der Waals surface area (Å²) in [5, 5.41) is 14.8. The summed E-state index contributed by atoms with van der Waals surface area (Å²) in [5.74, 6) is -2.42. The largest absolute Gasteiger partial charge is 0.481 e. The molecular weight excluding hydrogens is 308 g/mol. The molecule has 130 valence electrons. The van der Waals surface area contributed by atoms with Crippen LogP contribution >= 0.6 is 0 Å². The lowest BCUT2D eigenvalue weighted by Crippen LogP contribution is -2.36. The van der Waals surface area contributed by atoms with Crippen LogP contribution in [0.25, 0.3) is 0 Å². The van der Waals surface area contributed by atoms with E-state index in [2.05, 4.69) is 10.6 Å². The van der Waals surface area contributed by atoms with Gasteiger partial charge in [-0.1, -0.05) is 19.8 Å². The van der Waals surface area contributed by atoms with E-state index in [-0.39, 0.29) is 11.8 Å². The van der Waals surface area contributed by atoms with Gasteiger partial charge >= 0.3 is 5.97 Å². The van der Waals surface area contributed by atoms with Crippen molar-refractivity contribution in [3.63, 3.8) is 0 Å². The van der Waals surface area contributed by atoms with E-state index in [9.17, 15) is 19.5 Å². The van der Waals surface area contributed by atoms with Crippen molar-refractivity contribution in [3.8, 4) is 0 Å². The molecule has 1 fully saturated rings. The van der Waals surface area contributed by atoms with Crippen LogP contribution < -0.4 is 10.6 Å². The monoisotopic (exact) mass is 332 g/mol. The van der Waals surface area contributed by atoms with E-state index in [1.54, 1.807) is 24.3 Å². The maximum atomic E-state index is 12.4. The van der Waals surface area contributed by atoms with Gasteiger partial charge in [-0.15, -0.1) is 0 Å². The van der Waals surface area contributed by atoms with Gasteiger partial charge in [-0.3, -0.25) is 14.4 Å². The number of anilines is 1. The Morgan fingerprint density at radius 2 is 1.71 bits per heavy atom. The first-order chi connectivity index (χ1) is 11.5. The minimum absolute atomic E-state index is 0.145. The van der Waals surface area contributed by atoms with E-state index in [0.717, 1.165) is 19.3 Å². The van der Waals surface area contributed by atoms with Gasteiger partial charge in [-0.05, 0) is 43.5 Å². The van der Waals surface area contributed by atoms with Gasteiger partial charge in [-0.2, -0.15) is 0 Å². The molecule has 3 N–H and O–H groups in total. The highest BCUT2D eigenvalue weighted by Gasteiger charge is 2.35. The third kappa shape index (κ3) is 4.57. The Labute approximate surface area is 141 Å². The maximum absolute atomic E-state index is 12.4. The summed E-state index contributed by atoms with van der Waals surface area (Å²) in [5.41, 5.74) is 1.10. The molecule has 0 aliphatic heterocycles. The molecule has 1 aliphatic carbocycles. The third-order valence-corrected chi connectivity index (χ3v) is 4.37. The van der Waals surface area contributed by atoms with E-state index < -0.39 is 17.8 Å². The van der Waals surface area contributed by atoms with Crippen LogP contribution in [-0.4, -0.2) is 29.4 Å². The molecule has 1 aromatic rings. The summed E-state index contributed by atoms with van der Waals surface area (Å²) >= 11 is 0. The fourth-order valence-corrected chi connectivity index (χ4v) is 3.02. The second kappa shape index (κ2) is 8.47. The SMILES string of the molecule is CCCNC(=O)c1ccc(NC(=O)C2CCCCC2C(=O)O)cc1. The van der Waals surface area contributed by atoms with Crippen molar-refractivity contribution in [1.29, 1.82) is 0 Å². The lowest BCUT2D eigenvalue weighted by Gasteiger charge is -2.27. The number of rotatable bonds is 6. The Kier molecular flexibility index (Phi) is 6.35. The number of carbonyl (C=O) groups excluding carboxylic acids is 2. The van der Waals surface area contributed by atoms with E-state index >= 15 is 0 Å². The number of aliphatic carboxylic acids is 1. The number of hydrogen-bond acceptors (Lipinski definition) is 3. The summed E-state index contributed by atoms with van der Waals surface area (Å²) in [4.78, 5) is 35.5. The number of nitrogens with one attached hydrogen (secondary N) is 2. The highest BCUT2D eigenvalue weighted by molar-refractivity contribution is 5.97. The number of carboxylic acid groups (broad SMARTS) is 1. The Bertz CT molecular complexity index is 598. The standard InChI is InChI=1S/C18H24N2O4/c1-2-11-19-16(21)12-7-9-13(10-8-12)20-17(22)14-5-3-4-6-15(14)18(23)24/h7-10,14-15H,2-6,11H2,1H3,(H,19,21)(H,20,22)(H,23,24). The molecule has 0 saturated heterocycles. The maximum Gasteiger partial charge on any atom is 0.307 e. The zero-order chi connectivity index (χ0) is 17.5. The van der Waals surface area contributed by atoms with Crippen molar-refractivity contribution >= 4 is 23.5 Å². The van der Waals surface area contributed by atoms with Gasteiger partial charge in [0.05, 0.1) is 11.8 Å². The average Bonchev–Trinajstić information content (AvgIpc) is 2.60. The lowest BCUT2D eigenvalue weighted by atomic mass is 9.78. The number of carboxylic acids is 1. The Hall–Kier alpha value is -2.37. The summed E-state index contributed by atoms with van der Waals surface area (Å²) in [6.45, 7) is 2.60. The number of amides is 2. The third-order valence-electron chi connectivity index (χ3n) is 4.37. The Morgan fingerprint density at radius 3 is 2.29 bits per heavy atom. The normalized spacial score (nSPS) is 20.2. The minimum atomic E-state index is -0.905. The summed E-state index contributed by atoms with van der Waals surface area (Å²) in [7, 11) is 0. The molecule has 0 aromatic heterocycles. The summed E-state index contributed by atoms with van der Waals surface area (Å²) in [6, 6.07) is 6.63. The first-order valence-electron chi connectivity index (χ1n) is 8.45. The molecule has 6 heteroatoms. The number of benzene rings is 1. The molecule has 2 rings (SSSR count). The van der Waals surface area contributed by atoms with Crippen molar-refractivity contribution in [2.75, 3.05) is 11.9 Å². The van der Waals surface area contributed by atoms with Gasteiger partial charge in [0.25, 0.3) is 5.91 Å². The van der Waals surface area contributed by atoms with E-state index in [1.807, 2.05) is 6.92 Å². The molecule has 0 radical (unpaired) electrons. The molecule has 1 saturated carbocycles. The van der Waals surface area contributed by atoms with Gasteiger partial charge in [0.15, 0.2) is 0 Å². The topological polar surface area (TPSA) is 95.5 Å². The minimum Gasteiger partial charge on any atom is -0.481 e. The molecule has 6 nitrogen and oxygen atoms in total. The van der Waals surface area contributed by atoms with Gasteiger partial charge < -0.3 is 15.7 Å². The molecule has 0 heterocycles. The number of carbonyl (C=O) groups is 3. The van der Waals surface area contributed by atoms with Crippen LogP contribution in [0.1, 0.15) is 49.4 Å². The Balaban J connectivity index is 1.98. The van der Waals surface area contributed by atoms with Crippen LogP contribution in [0.2, 0.25) is 0 Å². The summed E-state index contributed by atoms with van der Waals surface area (Å²) in [6.07, 6.45) is 3.73. The van der Waals surface area contributed by atoms with Crippen molar-refractivity contribution < 1.29 is 19.5 Å². The summed E-state index contributed by atoms with van der Waals surface area (Å²) < 4.78 is 0. The molecule has 2 atom stereocenters. The molecule has 24 heavy (non-hydrogen) atoms. The van der Waals surface area contributed by atoms with Crippen LogP contribution in [0.4, 0.5) is 5.69 Å². The van der Waals surface area contributed by atoms with Crippen molar-refractivity contribution in [3.05, 3.63) is 29.8 Å².